The number of aromatic nitrogens is 3. The molecule has 1 unspecified atom stereocenters. The molecule has 1 aliphatic heterocycles. The van der Waals surface area contributed by atoms with E-state index in [1.165, 1.54) is 16.8 Å². The number of carbonyl (C=O) groups is 2. The van der Waals surface area contributed by atoms with Gasteiger partial charge < -0.3 is 20.1 Å². The number of carbonyl (C=O) groups excluding carboxylic acids is 2. The Bertz CT molecular complexity index is 1250. The smallest absolute Gasteiger partial charge is 0.391 e. The van der Waals surface area contributed by atoms with Gasteiger partial charge in [0.25, 0.3) is 11.5 Å². The van der Waals surface area contributed by atoms with E-state index in [1.54, 1.807) is 0 Å². The highest BCUT2D eigenvalue weighted by molar-refractivity contribution is 5.97. The van der Waals surface area contributed by atoms with Gasteiger partial charge >= 0.3 is 6.18 Å². The molecule has 2 aromatic heterocycles. The zero-order chi connectivity index (χ0) is 26.2. The van der Waals surface area contributed by atoms with Gasteiger partial charge in [-0.15, -0.1) is 0 Å². The molecule has 0 spiro atoms. The highest BCUT2D eigenvalue weighted by Crippen LogP contribution is 2.27. The number of fused-ring (bicyclic) bond motifs is 1. The summed E-state index contributed by atoms with van der Waals surface area (Å²) in [6, 6.07) is -1.18. The predicted octanol–water partition coefficient (Wildman–Crippen LogP) is 1.94. The van der Waals surface area contributed by atoms with Gasteiger partial charge in [0.05, 0.1) is 31.9 Å². The third-order valence-corrected chi connectivity index (χ3v) is 5.98. The first kappa shape index (κ1) is 25.7. The van der Waals surface area contributed by atoms with E-state index in [-0.39, 0.29) is 49.5 Å². The molecule has 13 heteroatoms. The van der Waals surface area contributed by atoms with E-state index in [1.807, 2.05) is 13.8 Å². The summed E-state index contributed by atoms with van der Waals surface area (Å²) in [5.74, 6) is -1.84. The highest BCUT2D eigenvalue weighted by Gasteiger charge is 2.37. The summed E-state index contributed by atoms with van der Waals surface area (Å²) < 4.78 is 46.3. The fraction of sp³-hybridized carbons (Fsp3) is 0.565. The fourth-order valence-electron chi connectivity index (χ4n) is 4.19. The number of morpholine rings is 1. The number of ether oxygens (including phenoxy) is 1. The predicted molar refractivity (Wildman–Crippen MR) is 122 cm³/mol. The Morgan fingerprint density at radius 2 is 2.06 bits per heavy atom. The van der Waals surface area contributed by atoms with Crippen molar-refractivity contribution >= 4 is 23.5 Å². The van der Waals surface area contributed by atoms with E-state index in [0.29, 0.717) is 0 Å². The maximum atomic E-state index is 13.1. The molecule has 3 heterocycles. The lowest BCUT2D eigenvalue weighted by Crippen LogP contribution is -2.49. The molecule has 1 saturated carbocycles. The maximum absolute atomic E-state index is 13.1. The second-order valence-electron chi connectivity index (χ2n) is 9.50. The van der Waals surface area contributed by atoms with Crippen LogP contribution >= 0.6 is 0 Å². The number of halogens is 3. The van der Waals surface area contributed by atoms with E-state index in [9.17, 15) is 32.7 Å². The molecule has 4 rings (SSSR count). The number of hydrogen-bond donors (Lipinski definition) is 2. The van der Waals surface area contributed by atoms with Crippen LogP contribution in [0.2, 0.25) is 0 Å². The first-order chi connectivity index (χ1) is 17.0. The summed E-state index contributed by atoms with van der Waals surface area (Å²) >= 11 is 0. The first-order valence-electron chi connectivity index (χ1n) is 11.7. The number of hydrogen-bond acceptors (Lipinski definition) is 6. The number of rotatable bonds is 7. The van der Waals surface area contributed by atoms with E-state index in [2.05, 4.69) is 10.4 Å². The second-order valence-corrected chi connectivity index (χ2v) is 9.50. The lowest BCUT2D eigenvalue weighted by molar-refractivity contribution is -0.164. The normalized spacial score (nSPS) is 18.9. The Kier molecular flexibility index (Phi) is 7.12. The van der Waals surface area contributed by atoms with Crippen LogP contribution in [0.1, 0.15) is 49.0 Å². The molecule has 196 valence electrons. The zero-order valence-corrected chi connectivity index (χ0v) is 19.9. The topological polar surface area (TPSA) is 118 Å². The van der Waals surface area contributed by atoms with Gasteiger partial charge in [-0.3, -0.25) is 19.0 Å². The zero-order valence-electron chi connectivity index (χ0n) is 19.9. The number of amides is 2. The van der Waals surface area contributed by atoms with E-state index < -0.39 is 47.5 Å². The Balaban J connectivity index is 1.69. The third-order valence-electron chi connectivity index (χ3n) is 5.98. The Morgan fingerprint density at radius 1 is 1.33 bits per heavy atom. The van der Waals surface area contributed by atoms with Gasteiger partial charge in [0.1, 0.15) is 5.65 Å². The minimum Gasteiger partial charge on any atom is -0.494 e. The van der Waals surface area contributed by atoms with Crippen LogP contribution in [0.4, 0.5) is 13.2 Å². The van der Waals surface area contributed by atoms with Crippen LogP contribution in [-0.4, -0.2) is 74.0 Å². The SMILES string of the molecule is CC(C)Cn1c(O)c(C(=O)NC2CC2)c(=O)n2ncc(/C=C/C(=O)N3CCOCC3CC(F)(F)F)c12. The van der Waals surface area contributed by atoms with E-state index in [0.717, 1.165) is 28.3 Å². The molecule has 0 aromatic carbocycles. The van der Waals surface area contributed by atoms with Gasteiger partial charge in [-0.25, -0.2) is 0 Å². The Hall–Kier alpha value is -3.35. The minimum absolute atomic E-state index is 0.00591. The first-order valence-corrected chi connectivity index (χ1v) is 11.7. The quantitative estimate of drug-likeness (QED) is 0.549. The Morgan fingerprint density at radius 3 is 2.69 bits per heavy atom. The molecule has 1 atom stereocenters. The number of nitrogens with zero attached hydrogens (tertiary/aromatic N) is 4. The Labute approximate surface area is 204 Å². The molecule has 0 bridgehead atoms. The molecule has 1 aliphatic carbocycles. The molecule has 10 nitrogen and oxygen atoms in total. The molecule has 2 aromatic rings. The van der Waals surface area contributed by atoms with Crippen molar-refractivity contribution < 1.29 is 32.6 Å². The minimum atomic E-state index is -4.45. The molecular formula is C23H28F3N5O5. The van der Waals surface area contributed by atoms with Gasteiger partial charge in [0.2, 0.25) is 11.8 Å². The fourth-order valence-corrected chi connectivity index (χ4v) is 4.19. The van der Waals surface area contributed by atoms with Gasteiger partial charge in [-0.05, 0) is 24.8 Å². The highest BCUT2D eigenvalue weighted by atomic mass is 19.4. The van der Waals surface area contributed by atoms with Crippen LogP contribution in [0.25, 0.3) is 11.7 Å². The average Bonchev–Trinajstić information content (AvgIpc) is 3.49. The summed E-state index contributed by atoms with van der Waals surface area (Å²) in [6.07, 6.45) is -0.295. The summed E-state index contributed by atoms with van der Waals surface area (Å²) in [5, 5.41) is 17.7. The largest absolute Gasteiger partial charge is 0.494 e. The average molecular weight is 512 g/mol. The van der Waals surface area contributed by atoms with Crippen molar-refractivity contribution in [2.45, 2.75) is 57.9 Å². The molecule has 1 saturated heterocycles. The van der Waals surface area contributed by atoms with Crippen LogP contribution in [0.5, 0.6) is 5.88 Å². The number of aromatic hydroxyl groups is 1. The van der Waals surface area contributed by atoms with Gasteiger partial charge in [0.15, 0.2) is 5.56 Å². The van der Waals surface area contributed by atoms with Crippen molar-refractivity contribution in [2.75, 3.05) is 19.8 Å². The molecule has 2 N–H and O–H groups in total. The van der Waals surface area contributed by atoms with Crippen molar-refractivity contribution in [3.8, 4) is 5.88 Å². The standard InChI is InChI=1S/C23H28F3N5O5/c1-13(2)11-30-20-14(3-6-17(32)29-7-8-36-12-16(29)9-23(24,25)26)10-27-31(20)22(35)18(21(30)34)19(33)28-15-4-5-15/h3,6,10,13,15-16,34H,4-5,7-9,11-12H2,1-2H3,(H,28,33)/b6-3+. The van der Waals surface area contributed by atoms with Crippen LogP contribution in [0.3, 0.4) is 0 Å². The van der Waals surface area contributed by atoms with Crippen LogP contribution in [0, 0.1) is 5.92 Å². The maximum Gasteiger partial charge on any atom is 0.391 e. The molecule has 36 heavy (non-hydrogen) atoms. The third kappa shape index (κ3) is 5.55. The van der Waals surface area contributed by atoms with Gasteiger partial charge in [-0.1, -0.05) is 13.8 Å². The number of alkyl halides is 3. The summed E-state index contributed by atoms with van der Waals surface area (Å²) in [7, 11) is 0. The number of nitrogens with one attached hydrogen (secondary N) is 1. The summed E-state index contributed by atoms with van der Waals surface area (Å²) in [4.78, 5) is 39.6. The van der Waals surface area contributed by atoms with Crippen LogP contribution in [-0.2, 0) is 16.1 Å². The van der Waals surface area contributed by atoms with Crippen molar-refractivity contribution in [1.29, 1.82) is 0 Å². The van der Waals surface area contributed by atoms with E-state index in [4.69, 9.17) is 4.74 Å². The lowest BCUT2D eigenvalue weighted by atomic mass is 10.1. The van der Waals surface area contributed by atoms with Crippen LogP contribution < -0.4 is 10.9 Å². The lowest BCUT2D eigenvalue weighted by Gasteiger charge is -2.35. The molecule has 2 aliphatic rings. The molecule has 2 amide bonds. The molecule has 0 radical (unpaired) electrons. The van der Waals surface area contributed by atoms with Crippen molar-refractivity contribution in [3.05, 3.63) is 33.8 Å². The second kappa shape index (κ2) is 9.96. The van der Waals surface area contributed by atoms with Crippen LogP contribution in [0.15, 0.2) is 17.1 Å². The molecular weight excluding hydrogens is 483 g/mol. The van der Waals surface area contributed by atoms with E-state index >= 15 is 0 Å². The van der Waals surface area contributed by atoms with Gasteiger partial charge in [-0.2, -0.15) is 22.8 Å². The van der Waals surface area contributed by atoms with Gasteiger partial charge in [0, 0.05) is 30.8 Å². The van der Waals surface area contributed by atoms with Crippen molar-refractivity contribution in [3.63, 3.8) is 0 Å². The summed E-state index contributed by atoms with van der Waals surface area (Å²) in [5.41, 5.74) is -0.795. The summed E-state index contributed by atoms with van der Waals surface area (Å²) in [6.45, 7) is 3.91. The monoisotopic (exact) mass is 511 g/mol. The molecule has 2 fully saturated rings. The van der Waals surface area contributed by atoms with Crippen molar-refractivity contribution in [1.82, 2.24) is 24.4 Å². The van der Waals surface area contributed by atoms with Crippen molar-refractivity contribution in [2.24, 2.45) is 5.92 Å².